The molecule has 0 unspecified atom stereocenters. The highest BCUT2D eigenvalue weighted by atomic mass is 16.5. The normalized spacial score (nSPS) is 10.5. The van der Waals surface area contributed by atoms with Gasteiger partial charge < -0.3 is 9.47 Å². The average molecular weight is 332 g/mol. The van der Waals surface area contributed by atoms with E-state index in [-0.39, 0.29) is 12.1 Å². The van der Waals surface area contributed by atoms with E-state index in [9.17, 15) is 4.79 Å². The maximum Gasteiger partial charge on any atom is 0.341 e. The van der Waals surface area contributed by atoms with Crippen LogP contribution in [0.4, 0.5) is 0 Å². The molecule has 0 aromatic heterocycles. The number of carbonyl (C=O) groups is 1. The Labute approximate surface area is 147 Å². The number of ether oxygens (including phenoxy) is 2. The lowest BCUT2D eigenvalue weighted by Crippen LogP contribution is -2.13. The van der Waals surface area contributed by atoms with Crippen molar-refractivity contribution in [1.82, 2.24) is 0 Å². The molecule has 0 saturated carbocycles. The van der Waals surface area contributed by atoms with Gasteiger partial charge in [-0.1, -0.05) is 72.8 Å². The Hall–Kier alpha value is -3.07. The molecule has 3 rings (SSSR count). The van der Waals surface area contributed by atoms with E-state index in [4.69, 9.17) is 9.47 Å². The zero-order valence-corrected chi connectivity index (χ0v) is 14.1. The Bertz CT molecular complexity index is 773. The lowest BCUT2D eigenvalue weighted by atomic mass is 10.0. The van der Waals surface area contributed by atoms with E-state index in [0.717, 1.165) is 11.1 Å². The summed E-state index contributed by atoms with van der Waals surface area (Å²) in [5, 5.41) is 0. The van der Waals surface area contributed by atoms with Crippen LogP contribution in [-0.4, -0.2) is 12.6 Å². The first kappa shape index (κ1) is 16.8. The van der Waals surface area contributed by atoms with Crippen LogP contribution in [0.15, 0.2) is 84.9 Å². The van der Waals surface area contributed by atoms with Gasteiger partial charge >= 0.3 is 5.97 Å². The minimum Gasteiger partial charge on any atom is -0.480 e. The maximum absolute atomic E-state index is 12.2. The van der Waals surface area contributed by atoms with Gasteiger partial charge in [-0.3, -0.25) is 0 Å². The number of para-hydroxylation sites is 1. The first-order chi connectivity index (χ1) is 12.3. The lowest BCUT2D eigenvalue weighted by Gasteiger charge is -2.21. The van der Waals surface area contributed by atoms with Crippen molar-refractivity contribution in [3.63, 3.8) is 0 Å². The highest BCUT2D eigenvalue weighted by Crippen LogP contribution is 2.30. The van der Waals surface area contributed by atoms with Gasteiger partial charge in [-0.05, 0) is 30.2 Å². The molecule has 0 atom stereocenters. The number of esters is 1. The quantitative estimate of drug-likeness (QED) is 0.594. The number of benzene rings is 3. The minimum atomic E-state index is -0.377. The lowest BCUT2D eigenvalue weighted by molar-refractivity contribution is 0.0520. The molecule has 126 valence electrons. The van der Waals surface area contributed by atoms with Gasteiger partial charge in [0.25, 0.3) is 0 Å². The van der Waals surface area contributed by atoms with Crippen LogP contribution in [0.5, 0.6) is 5.75 Å². The van der Waals surface area contributed by atoms with E-state index in [2.05, 4.69) is 0 Å². The summed E-state index contributed by atoms with van der Waals surface area (Å²) in [6, 6.07) is 27.1. The van der Waals surface area contributed by atoms with Crippen LogP contribution in [0.25, 0.3) is 0 Å². The molecule has 0 fully saturated rings. The zero-order valence-electron chi connectivity index (χ0n) is 14.1. The van der Waals surface area contributed by atoms with Gasteiger partial charge in [-0.2, -0.15) is 0 Å². The van der Waals surface area contributed by atoms with E-state index in [1.807, 2.05) is 66.7 Å². The van der Waals surface area contributed by atoms with Gasteiger partial charge in [0.1, 0.15) is 17.4 Å². The standard InChI is InChI=1S/C22H20O3/c1-2-24-22(23)19-15-9-10-16-20(19)25-21(17-11-5-3-6-12-17)18-13-7-4-8-14-18/h3-16,21H,2H2,1H3. The van der Waals surface area contributed by atoms with Crippen molar-refractivity contribution in [2.75, 3.05) is 6.61 Å². The largest absolute Gasteiger partial charge is 0.480 e. The summed E-state index contributed by atoms with van der Waals surface area (Å²) in [7, 11) is 0. The van der Waals surface area contributed by atoms with Crippen LogP contribution in [-0.2, 0) is 4.74 Å². The van der Waals surface area contributed by atoms with E-state index >= 15 is 0 Å². The van der Waals surface area contributed by atoms with Gasteiger partial charge in [-0.25, -0.2) is 4.79 Å². The molecular weight excluding hydrogens is 312 g/mol. The van der Waals surface area contributed by atoms with E-state index < -0.39 is 0 Å². The zero-order chi connectivity index (χ0) is 17.5. The predicted octanol–water partition coefficient (Wildman–Crippen LogP) is 5.03. The average Bonchev–Trinajstić information content (AvgIpc) is 2.68. The monoisotopic (exact) mass is 332 g/mol. The third-order valence-electron chi connectivity index (χ3n) is 3.83. The van der Waals surface area contributed by atoms with Crippen molar-refractivity contribution >= 4 is 5.97 Å². The van der Waals surface area contributed by atoms with Crippen LogP contribution >= 0.6 is 0 Å². The molecule has 0 heterocycles. The van der Waals surface area contributed by atoms with Crippen LogP contribution in [0.1, 0.15) is 34.5 Å². The van der Waals surface area contributed by atoms with Crippen molar-refractivity contribution < 1.29 is 14.3 Å². The van der Waals surface area contributed by atoms with Crippen molar-refractivity contribution in [2.45, 2.75) is 13.0 Å². The van der Waals surface area contributed by atoms with E-state index in [1.54, 1.807) is 25.1 Å². The molecule has 0 saturated heterocycles. The third-order valence-corrected chi connectivity index (χ3v) is 3.83. The Kier molecular flexibility index (Phi) is 5.47. The Balaban J connectivity index is 1.98. The van der Waals surface area contributed by atoms with Crippen molar-refractivity contribution in [2.24, 2.45) is 0 Å². The molecule has 0 spiro atoms. The van der Waals surface area contributed by atoms with Crippen LogP contribution < -0.4 is 4.74 Å². The Morgan fingerprint density at radius 1 is 0.800 bits per heavy atom. The van der Waals surface area contributed by atoms with Crippen molar-refractivity contribution in [3.05, 3.63) is 102 Å². The summed E-state index contributed by atoms with van der Waals surface area (Å²) in [6.07, 6.45) is -0.307. The van der Waals surface area contributed by atoms with E-state index in [0.29, 0.717) is 17.9 Å². The molecule has 0 bridgehead atoms. The van der Waals surface area contributed by atoms with Crippen molar-refractivity contribution in [1.29, 1.82) is 0 Å². The second-order valence-electron chi connectivity index (χ2n) is 5.54. The fraction of sp³-hybridized carbons (Fsp3) is 0.136. The summed E-state index contributed by atoms with van der Waals surface area (Å²) in [5.74, 6) is 0.136. The summed E-state index contributed by atoms with van der Waals surface area (Å²) < 4.78 is 11.4. The number of hydrogen-bond acceptors (Lipinski definition) is 3. The second kappa shape index (κ2) is 8.15. The van der Waals surface area contributed by atoms with Gasteiger partial charge in [0.2, 0.25) is 0 Å². The highest BCUT2D eigenvalue weighted by molar-refractivity contribution is 5.92. The molecule has 25 heavy (non-hydrogen) atoms. The van der Waals surface area contributed by atoms with Gasteiger partial charge in [0, 0.05) is 0 Å². The highest BCUT2D eigenvalue weighted by Gasteiger charge is 2.20. The summed E-state index contributed by atoms with van der Waals surface area (Å²) >= 11 is 0. The topological polar surface area (TPSA) is 35.5 Å². The smallest absolute Gasteiger partial charge is 0.341 e. The first-order valence-corrected chi connectivity index (χ1v) is 8.32. The second-order valence-corrected chi connectivity index (χ2v) is 5.54. The summed E-state index contributed by atoms with van der Waals surface area (Å²) in [5.41, 5.74) is 2.47. The Morgan fingerprint density at radius 3 is 1.88 bits per heavy atom. The van der Waals surface area contributed by atoms with E-state index in [1.165, 1.54) is 0 Å². The molecule has 0 radical (unpaired) electrons. The predicted molar refractivity (Wildman–Crippen MR) is 97.8 cm³/mol. The van der Waals surface area contributed by atoms with Crippen molar-refractivity contribution in [3.8, 4) is 5.75 Å². The van der Waals surface area contributed by atoms with Crippen LogP contribution in [0.2, 0.25) is 0 Å². The molecule has 0 aliphatic carbocycles. The van der Waals surface area contributed by atoms with Crippen LogP contribution in [0, 0.1) is 0 Å². The number of rotatable bonds is 6. The molecule has 3 aromatic rings. The summed E-state index contributed by atoms with van der Waals surface area (Å²) in [6.45, 7) is 2.12. The molecule has 0 aliphatic rings. The fourth-order valence-electron chi connectivity index (χ4n) is 2.66. The fourth-order valence-corrected chi connectivity index (χ4v) is 2.66. The first-order valence-electron chi connectivity index (χ1n) is 8.32. The van der Waals surface area contributed by atoms with Gasteiger partial charge in [0.05, 0.1) is 6.61 Å². The molecule has 0 N–H and O–H groups in total. The minimum absolute atomic E-state index is 0.307. The van der Waals surface area contributed by atoms with Crippen LogP contribution in [0.3, 0.4) is 0 Å². The van der Waals surface area contributed by atoms with Gasteiger partial charge in [-0.15, -0.1) is 0 Å². The maximum atomic E-state index is 12.2. The molecule has 0 amide bonds. The molecule has 3 aromatic carbocycles. The SMILES string of the molecule is CCOC(=O)c1ccccc1OC(c1ccccc1)c1ccccc1. The molecule has 3 nitrogen and oxygen atoms in total. The number of hydrogen-bond donors (Lipinski definition) is 0. The number of carbonyl (C=O) groups excluding carboxylic acids is 1. The Morgan fingerprint density at radius 2 is 1.32 bits per heavy atom. The third kappa shape index (κ3) is 4.07. The van der Waals surface area contributed by atoms with Gasteiger partial charge in [0.15, 0.2) is 0 Å². The summed E-state index contributed by atoms with van der Waals surface area (Å²) in [4.78, 5) is 12.2. The molecule has 3 heteroatoms. The molecule has 0 aliphatic heterocycles. The molecular formula is C22H20O3.